The van der Waals surface area contributed by atoms with E-state index in [0.29, 0.717) is 43.1 Å². The summed E-state index contributed by atoms with van der Waals surface area (Å²) >= 11 is 0. The molecular weight excluding hydrogens is 330 g/mol. The van der Waals surface area contributed by atoms with Crippen LogP contribution in [0.15, 0.2) is 10.9 Å². The van der Waals surface area contributed by atoms with Crippen molar-refractivity contribution < 1.29 is 9.59 Å². The molecule has 1 fully saturated rings. The fourth-order valence-electron chi connectivity index (χ4n) is 3.63. The van der Waals surface area contributed by atoms with Crippen molar-refractivity contribution in [2.24, 2.45) is 11.7 Å². The molecule has 1 aromatic heterocycles. The molecule has 1 amide bonds. The number of nitrogens with zero attached hydrogens (tertiary/aromatic N) is 1. The van der Waals surface area contributed by atoms with Gasteiger partial charge >= 0.3 is 0 Å². The van der Waals surface area contributed by atoms with Gasteiger partial charge in [0.05, 0.1) is 0 Å². The van der Waals surface area contributed by atoms with E-state index in [1.165, 1.54) is 6.07 Å². The van der Waals surface area contributed by atoms with Gasteiger partial charge in [-0.05, 0) is 37.7 Å². The number of H-pyrrole nitrogens is 1. The van der Waals surface area contributed by atoms with Gasteiger partial charge in [0.1, 0.15) is 5.56 Å². The fraction of sp³-hybridized carbons (Fsp3) is 0.588. The van der Waals surface area contributed by atoms with E-state index in [1.807, 2.05) is 0 Å². The molecule has 1 aliphatic heterocycles. The lowest BCUT2D eigenvalue weighted by atomic mass is 9.91. The predicted octanol–water partition coefficient (Wildman–Crippen LogP) is 1.52. The topological polar surface area (TPSA) is 96.3 Å². The summed E-state index contributed by atoms with van der Waals surface area (Å²) in [5.41, 5.74) is 6.62. The summed E-state index contributed by atoms with van der Waals surface area (Å²) in [5.74, 6) is 0.213. The fourth-order valence-corrected chi connectivity index (χ4v) is 3.63. The molecular formula is C17H24ClN3O3. The highest BCUT2D eigenvalue weighted by Gasteiger charge is 2.31. The van der Waals surface area contributed by atoms with Crippen LogP contribution in [0, 0.1) is 5.92 Å². The molecule has 7 heteroatoms. The molecule has 1 saturated heterocycles. The zero-order chi connectivity index (χ0) is 16.6. The van der Waals surface area contributed by atoms with E-state index in [2.05, 4.69) is 11.9 Å². The molecule has 3 rings (SSSR count). The number of Topliss-reactive ketones (excluding diaryl/α,β-unsaturated/α-hetero) is 1. The lowest BCUT2D eigenvalue weighted by molar-refractivity contribution is 0.0571. The number of amides is 1. The third-order valence-electron chi connectivity index (χ3n) is 5.00. The summed E-state index contributed by atoms with van der Waals surface area (Å²) < 4.78 is 0. The number of halogens is 1. The Morgan fingerprint density at radius 3 is 2.83 bits per heavy atom. The van der Waals surface area contributed by atoms with Crippen LogP contribution in [0.2, 0.25) is 0 Å². The first-order valence-corrected chi connectivity index (χ1v) is 8.31. The van der Waals surface area contributed by atoms with Crippen LogP contribution in [-0.4, -0.2) is 40.7 Å². The number of rotatable bonds is 2. The third kappa shape index (κ3) is 3.39. The second kappa shape index (κ2) is 7.49. The van der Waals surface area contributed by atoms with Crippen LogP contribution in [0.4, 0.5) is 0 Å². The van der Waals surface area contributed by atoms with Crippen molar-refractivity contribution in [2.75, 3.05) is 13.1 Å². The van der Waals surface area contributed by atoms with Gasteiger partial charge in [0.25, 0.3) is 11.5 Å². The monoisotopic (exact) mass is 353 g/mol. The van der Waals surface area contributed by atoms with Crippen molar-refractivity contribution >= 4 is 24.1 Å². The Labute approximate surface area is 147 Å². The molecule has 2 atom stereocenters. The lowest BCUT2D eigenvalue weighted by Gasteiger charge is -2.38. The summed E-state index contributed by atoms with van der Waals surface area (Å²) in [5, 5.41) is 0. The second-order valence-corrected chi connectivity index (χ2v) is 6.70. The number of aromatic amines is 1. The summed E-state index contributed by atoms with van der Waals surface area (Å²) in [7, 11) is 0. The van der Waals surface area contributed by atoms with Gasteiger partial charge in [0.15, 0.2) is 5.78 Å². The van der Waals surface area contributed by atoms with Gasteiger partial charge in [-0.2, -0.15) is 0 Å². The average Bonchev–Trinajstić information content (AvgIpc) is 2.54. The molecule has 6 nitrogen and oxygen atoms in total. The van der Waals surface area contributed by atoms with Crippen LogP contribution in [0.3, 0.4) is 0 Å². The first-order valence-electron chi connectivity index (χ1n) is 8.31. The van der Waals surface area contributed by atoms with Crippen LogP contribution >= 0.6 is 12.4 Å². The van der Waals surface area contributed by atoms with E-state index in [1.54, 1.807) is 4.90 Å². The number of likely N-dealkylation sites (tertiary alicyclic amines) is 1. The zero-order valence-corrected chi connectivity index (χ0v) is 14.7. The number of carbonyl (C=O) groups excluding carboxylic acids is 2. The van der Waals surface area contributed by atoms with Crippen molar-refractivity contribution in [3.05, 3.63) is 33.2 Å². The Morgan fingerprint density at radius 1 is 1.38 bits per heavy atom. The minimum atomic E-state index is -0.405. The molecule has 3 N–H and O–H groups in total. The van der Waals surface area contributed by atoms with E-state index < -0.39 is 5.56 Å². The number of aryl methyl sites for hydroxylation is 1. The normalized spacial score (nSPS) is 23.4. The SMILES string of the molecule is CC1CCN(C(=O)c2cc3c([nH]c2=O)CCCC3=O)C(CN)C1.Cl. The van der Waals surface area contributed by atoms with Gasteiger partial charge < -0.3 is 15.6 Å². The molecule has 1 aromatic rings. The minimum absolute atomic E-state index is 0. The first-order chi connectivity index (χ1) is 11.0. The number of nitrogens with two attached hydrogens (primary N) is 1. The number of carbonyl (C=O) groups is 2. The van der Waals surface area contributed by atoms with Gasteiger partial charge in [-0.15, -0.1) is 12.4 Å². The van der Waals surface area contributed by atoms with E-state index in [-0.39, 0.29) is 35.7 Å². The van der Waals surface area contributed by atoms with Crippen molar-refractivity contribution in [2.45, 2.75) is 45.1 Å². The van der Waals surface area contributed by atoms with Gasteiger partial charge in [0.2, 0.25) is 0 Å². The molecule has 0 saturated carbocycles. The highest BCUT2D eigenvalue weighted by atomic mass is 35.5. The lowest BCUT2D eigenvalue weighted by Crippen LogP contribution is -2.50. The number of hydrogen-bond donors (Lipinski definition) is 2. The maximum absolute atomic E-state index is 12.8. The maximum atomic E-state index is 12.8. The summed E-state index contributed by atoms with van der Waals surface area (Å²) in [4.78, 5) is 41.6. The Balaban J connectivity index is 0.00000208. The molecule has 0 aromatic carbocycles. The number of pyridine rings is 1. The first kappa shape index (κ1) is 18.7. The van der Waals surface area contributed by atoms with Crippen LogP contribution < -0.4 is 11.3 Å². The van der Waals surface area contributed by atoms with E-state index >= 15 is 0 Å². The molecule has 0 spiro atoms. The van der Waals surface area contributed by atoms with E-state index in [0.717, 1.165) is 19.3 Å². The Kier molecular flexibility index (Phi) is 5.83. The van der Waals surface area contributed by atoms with Gasteiger partial charge in [-0.25, -0.2) is 0 Å². The Morgan fingerprint density at radius 2 is 2.12 bits per heavy atom. The van der Waals surface area contributed by atoms with Gasteiger partial charge in [-0.3, -0.25) is 14.4 Å². The zero-order valence-electron chi connectivity index (χ0n) is 13.8. The van der Waals surface area contributed by atoms with Crippen molar-refractivity contribution in [3.63, 3.8) is 0 Å². The van der Waals surface area contributed by atoms with Crippen LogP contribution in [0.25, 0.3) is 0 Å². The van der Waals surface area contributed by atoms with Crippen molar-refractivity contribution in [3.8, 4) is 0 Å². The number of aromatic nitrogens is 1. The smallest absolute Gasteiger partial charge is 0.261 e. The quantitative estimate of drug-likeness (QED) is 0.842. The van der Waals surface area contributed by atoms with Gasteiger partial charge in [0, 0.05) is 36.8 Å². The highest BCUT2D eigenvalue weighted by Crippen LogP contribution is 2.24. The largest absolute Gasteiger partial charge is 0.334 e. The van der Waals surface area contributed by atoms with Crippen molar-refractivity contribution in [1.29, 1.82) is 0 Å². The second-order valence-electron chi connectivity index (χ2n) is 6.70. The molecule has 2 aliphatic rings. The number of piperidine rings is 1. The minimum Gasteiger partial charge on any atom is -0.334 e. The number of fused-ring (bicyclic) bond motifs is 1. The highest BCUT2D eigenvalue weighted by molar-refractivity contribution is 6.01. The summed E-state index contributed by atoms with van der Waals surface area (Å²) in [6.45, 7) is 3.14. The van der Waals surface area contributed by atoms with E-state index in [9.17, 15) is 14.4 Å². The summed E-state index contributed by atoms with van der Waals surface area (Å²) in [6.07, 6.45) is 3.65. The van der Waals surface area contributed by atoms with Crippen molar-refractivity contribution in [1.82, 2.24) is 9.88 Å². The number of hydrogen-bond acceptors (Lipinski definition) is 4. The number of nitrogens with one attached hydrogen (secondary N) is 1. The van der Waals surface area contributed by atoms with Crippen LogP contribution in [0.5, 0.6) is 0 Å². The standard InChI is InChI=1S/C17H23N3O3.ClH/c1-10-5-6-20(11(7-10)9-18)17(23)13-8-12-14(19-16(13)22)3-2-4-15(12)21;/h8,10-11H,2-7,9,18H2,1H3,(H,19,22);1H. The molecule has 2 unspecified atom stereocenters. The van der Waals surface area contributed by atoms with Gasteiger partial charge in [-0.1, -0.05) is 6.92 Å². The van der Waals surface area contributed by atoms with E-state index in [4.69, 9.17) is 5.73 Å². The molecule has 132 valence electrons. The number of ketones is 1. The van der Waals surface area contributed by atoms with Crippen LogP contribution in [-0.2, 0) is 6.42 Å². The molecule has 1 aliphatic carbocycles. The third-order valence-corrected chi connectivity index (χ3v) is 5.00. The maximum Gasteiger partial charge on any atom is 0.261 e. The predicted molar refractivity (Wildman–Crippen MR) is 93.9 cm³/mol. The molecule has 0 radical (unpaired) electrons. The molecule has 0 bridgehead atoms. The van der Waals surface area contributed by atoms with Crippen LogP contribution in [0.1, 0.15) is 59.0 Å². The Hall–Kier alpha value is -1.66. The summed E-state index contributed by atoms with van der Waals surface area (Å²) in [6, 6.07) is 1.45. The Bertz CT molecular complexity index is 701. The molecule has 24 heavy (non-hydrogen) atoms. The molecule has 2 heterocycles. The average molecular weight is 354 g/mol.